The lowest BCUT2D eigenvalue weighted by molar-refractivity contribution is 0.0144. The minimum Gasteiger partial charge on any atom is -0.444 e. The standard InChI is InChI=1S/C17H22ClNO2/c1-5-6-15-14-8-7-13(18)11-12(14)9-10-19(15)16(20)21-17(2,3)4/h5,7-8,11,15H,1,6,9-10H2,2-4H3. The normalized spacial score (nSPS) is 18.1. The first-order valence-corrected chi connectivity index (χ1v) is 7.58. The summed E-state index contributed by atoms with van der Waals surface area (Å²) in [5, 5.41) is 0.733. The van der Waals surface area contributed by atoms with Crippen molar-refractivity contribution in [3.63, 3.8) is 0 Å². The molecule has 1 aromatic carbocycles. The molecule has 0 aliphatic carbocycles. The van der Waals surface area contributed by atoms with Gasteiger partial charge in [-0.3, -0.25) is 0 Å². The van der Waals surface area contributed by atoms with E-state index in [2.05, 4.69) is 6.58 Å². The third kappa shape index (κ3) is 3.79. The molecule has 1 unspecified atom stereocenters. The van der Waals surface area contributed by atoms with Crippen molar-refractivity contribution in [1.29, 1.82) is 0 Å². The van der Waals surface area contributed by atoms with Gasteiger partial charge in [0.2, 0.25) is 0 Å². The topological polar surface area (TPSA) is 29.5 Å². The summed E-state index contributed by atoms with van der Waals surface area (Å²) in [6, 6.07) is 5.83. The number of halogens is 1. The lowest BCUT2D eigenvalue weighted by atomic mass is 9.91. The summed E-state index contributed by atoms with van der Waals surface area (Å²) >= 11 is 6.06. The predicted molar refractivity (Wildman–Crippen MR) is 85.7 cm³/mol. The monoisotopic (exact) mass is 307 g/mol. The van der Waals surface area contributed by atoms with Crippen LogP contribution in [0.4, 0.5) is 4.79 Å². The summed E-state index contributed by atoms with van der Waals surface area (Å²) in [5.74, 6) is 0. The molecular formula is C17H22ClNO2. The van der Waals surface area contributed by atoms with Gasteiger partial charge in [0.1, 0.15) is 5.60 Å². The Kier molecular flexibility index (Phi) is 4.62. The maximum Gasteiger partial charge on any atom is 0.410 e. The molecule has 114 valence electrons. The van der Waals surface area contributed by atoms with Crippen LogP contribution in [0.3, 0.4) is 0 Å². The number of carbonyl (C=O) groups excluding carboxylic acids is 1. The van der Waals surface area contributed by atoms with Gasteiger partial charge in [-0.1, -0.05) is 23.7 Å². The van der Waals surface area contributed by atoms with Crippen molar-refractivity contribution < 1.29 is 9.53 Å². The quantitative estimate of drug-likeness (QED) is 0.738. The van der Waals surface area contributed by atoms with E-state index < -0.39 is 5.60 Å². The number of rotatable bonds is 2. The van der Waals surface area contributed by atoms with E-state index in [-0.39, 0.29) is 12.1 Å². The van der Waals surface area contributed by atoms with Crippen LogP contribution < -0.4 is 0 Å². The van der Waals surface area contributed by atoms with Crippen LogP contribution in [0.5, 0.6) is 0 Å². The van der Waals surface area contributed by atoms with Gasteiger partial charge in [0.05, 0.1) is 6.04 Å². The van der Waals surface area contributed by atoms with E-state index in [0.29, 0.717) is 13.0 Å². The molecule has 0 radical (unpaired) electrons. The zero-order valence-electron chi connectivity index (χ0n) is 12.9. The molecule has 1 heterocycles. The molecule has 21 heavy (non-hydrogen) atoms. The zero-order valence-corrected chi connectivity index (χ0v) is 13.6. The molecule has 4 heteroatoms. The second-order valence-electron chi connectivity index (χ2n) is 6.31. The fraction of sp³-hybridized carbons (Fsp3) is 0.471. The van der Waals surface area contributed by atoms with Crippen molar-refractivity contribution in [2.24, 2.45) is 0 Å². The second kappa shape index (κ2) is 6.10. The summed E-state index contributed by atoms with van der Waals surface area (Å²) in [7, 11) is 0. The van der Waals surface area contributed by atoms with E-state index >= 15 is 0 Å². The van der Waals surface area contributed by atoms with Crippen molar-refractivity contribution in [2.45, 2.75) is 45.3 Å². The lowest BCUT2D eigenvalue weighted by Gasteiger charge is -2.37. The summed E-state index contributed by atoms with van der Waals surface area (Å²) in [6.07, 6.45) is 3.07. The molecule has 0 saturated heterocycles. The van der Waals surface area contributed by atoms with E-state index in [1.807, 2.05) is 45.0 Å². The molecule has 0 fully saturated rings. The first-order valence-electron chi connectivity index (χ1n) is 7.20. The van der Waals surface area contributed by atoms with Gasteiger partial charge in [0, 0.05) is 11.6 Å². The number of hydrogen-bond acceptors (Lipinski definition) is 2. The summed E-state index contributed by atoms with van der Waals surface area (Å²) < 4.78 is 5.52. The summed E-state index contributed by atoms with van der Waals surface area (Å²) in [4.78, 5) is 14.2. The number of hydrogen-bond donors (Lipinski definition) is 0. The van der Waals surface area contributed by atoms with E-state index in [1.54, 1.807) is 4.90 Å². The third-order valence-electron chi connectivity index (χ3n) is 3.48. The van der Waals surface area contributed by atoms with Crippen LogP contribution in [0.2, 0.25) is 5.02 Å². The van der Waals surface area contributed by atoms with Crippen molar-refractivity contribution in [1.82, 2.24) is 4.90 Å². The molecule has 1 aromatic rings. The van der Waals surface area contributed by atoms with Crippen LogP contribution in [-0.2, 0) is 11.2 Å². The van der Waals surface area contributed by atoms with Gasteiger partial charge in [-0.15, -0.1) is 6.58 Å². The number of carbonyl (C=O) groups is 1. The lowest BCUT2D eigenvalue weighted by Crippen LogP contribution is -2.42. The molecule has 0 saturated carbocycles. The van der Waals surface area contributed by atoms with Gasteiger partial charge in [-0.2, -0.15) is 0 Å². The Hall–Kier alpha value is -1.48. The van der Waals surface area contributed by atoms with Crippen molar-refractivity contribution in [3.05, 3.63) is 47.0 Å². The Morgan fingerprint density at radius 1 is 1.52 bits per heavy atom. The van der Waals surface area contributed by atoms with E-state index in [4.69, 9.17) is 16.3 Å². The average Bonchev–Trinajstić information content (AvgIpc) is 2.36. The van der Waals surface area contributed by atoms with Gasteiger partial charge in [-0.25, -0.2) is 4.79 Å². The third-order valence-corrected chi connectivity index (χ3v) is 3.72. The highest BCUT2D eigenvalue weighted by atomic mass is 35.5. The van der Waals surface area contributed by atoms with E-state index in [9.17, 15) is 4.79 Å². The number of benzene rings is 1. The van der Waals surface area contributed by atoms with Gasteiger partial charge in [-0.05, 0) is 56.9 Å². The number of fused-ring (bicyclic) bond motifs is 1. The van der Waals surface area contributed by atoms with Gasteiger partial charge >= 0.3 is 6.09 Å². The van der Waals surface area contributed by atoms with Gasteiger partial charge in [0.25, 0.3) is 0 Å². The summed E-state index contributed by atoms with van der Waals surface area (Å²) in [6.45, 7) is 10.1. The van der Waals surface area contributed by atoms with Gasteiger partial charge < -0.3 is 9.64 Å². The highest BCUT2D eigenvalue weighted by molar-refractivity contribution is 6.30. The Morgan fingerprint density at radius 3 is 2.86 bits per heavy atom. The molecule has 0 aromatic heterocycles. The SMILES string of the molecule is C=CCC1c2ccc(Cl)cc2CCN1C(=O)OC(C)(C)C. The largest absolute Gasteiger partial charge is 0.444 e. The first kappa shape index (κ1) is 15.9. The zero-order chi connectivity index (χ0) is 15.6. The van der Waals surface area contributed by atoms with Crippen LogP contribution in [-0.4, -0.2) is 23.1 Å². The highest BCUT2D eigenvalue weighted by Gasteiger charge is 2.32. The average molecular weight is 308 g/mol. The maximum atomic E-state index is 12.4. The molecule has 2 rings (SSSR count). The highest BCUT2D eigenvalue weighted by Crippen LogP contribution is 2.34. The van der Waals surface area contributed by atoms with Crippen molar-refractivity contribution in [2.75, 3.05) is 6.54 Å². The first-order chi connectivity index (χ1) is 9.81. The molecule has 3 nitrogen and oxygen atoms in total. The molecule has 0 bridgehead atoms. The van der Waals surface area contributed by atoms with Crippen molar-refractivity contribution in [3.8, 4) is 0 Å². The molecule has 1 aliphatic heterocycles. The fourth-order valence-electron chi connectivity index (χ4n) is 2.63. The van der Waals surface area contributed by atoms with Crippen LogP contribution in [0.25, 0.3) is 0 Å². The Balaban J connectivity index is 2.29. The van der Waals surface area contributed by atoms with Gasteiger partial charge in [0.15, 0.2) is 0 Å². The van der Waals surface area contributed by atoms with E-state index in [1.165, 1.54) is 5.56 Å². The molecular weight excluding hydrogens is 286 g/mol. The Morgan fingerprint density at radius 2 is 2.24 bits per heavy atom. The van der Waals surface area contributed by atoms with Crippen LogP contribution in [0.15, 0.2) is 30.9 Å². The number of amides is 1. The molecule has 1 amide bonds. The second-order valence-corrected chi connectivity index (χ2v) is 6.74. The minimum atomic E-state index is -0.490. The number of ether oxygens (including phenoxy) is 1. The molecule has 1 aliphatic rings. The fourth-order valence-corrected chi connectivity index (χ4v) is 2.83. The molecule has 0 N–H and O–H groups in total. The minimum absolute atomic E-state index is 0.0293. The summed E-state index contributed by atoms with van der Waals surface area (Å²) in [5.41, 5.74) is 1.85. The van der Waals surface area contributed by atoms with Crippen LogP contribution >= 0.6 is 11.6 Å². The number of nitrogens with zero attached hydrogens (tertiary/aromatic N) is 1. The van der Waals surface area contributed by atoms with E-state index in [0.717, 1.165) is 17.0 Å². The maximum absolute atomic E-state index is 12.4. The molecule has 0 spiro atoms. The van der Waals surface area contributed by atoms with Crippen LogP contribution in [0, 0.1) is 0 Å². The Labute approximate surface area is 131 Å². The smallest absolute Gasteiger partial charge is 0.410 e. The van der Waals surface area contributed by atoms with Crippen molar-refractivity contribution >= 4 is 17.7 Å². The Bertz CT molecular complexity index is 548. The predicted octanol–water partition coefficient (Wildman–Crippen LogP) is 4.75. The molecule has 1 atom stereocenters. The van der Waals surface area contributed by atoms with Crippen LogP contribution in [0.1, 0.15) is 44.4 Å².